The maximum absolute atomic E-state index is 10.6. The summed E-state index contributed by atoms with van der Waals surface area (Å²) in [5, 5.41) is 16.8. The third-order valence-electron chi connectivity index (χ3n) is 2.89. The van der Waals surface area contributed by atoms with Gasteiger partial charge in [0.15, 0.2) is 0 Å². The fraction of sp³-hybridized carbons (Fsp3) is 0.636. The van der Waals surface area contributed by atoms with Gasteiger partial charge in [0.25, 0.3) is 0 Å². The van der Waals surface area contributed by atoms with E-state index < -0.39 is 5.97 Å². The number of aliphatic carboxylic acids is 1. The second kappa shape index (κ2) is 4.65. The number of aromatic nitrogens is 3. The lowest BCUT2D eigenvalue weighted by atomic mass is 10.3. The number of carbonyl (C=O) groups is 1. The number of carboxylic acid groups (broad SMARTS) is 1. The minimum atomic E-state index is -0.799. The van der Waals surface area contributed by atoms with Crippen molar-refractivity contribution in [2.45, 2.75) is 39.2 Å². The first-order valence-electron chi connectivity index (χ1n) is 5.74. The molecular weight excluding hydrogens is 220 g/mol. The number of anilines is 1. The Bertz CT molecular complexity index is 431. The highest BCUT2D eigenvalue weighted by Crippen LogP contribution is 2.29. The van der Waals surface area contributed by atoms with Crippen LogP contribution in [0.2, 0.25) is 0 Å². The molecule has 0 radical (unpaired) electrons. The summed E-state index contributed by atoms with van der Waals surface area (Å²) < 4.78 is 0. The molecule has 0 bridgehead atoms. The summed E-state index contributed by atoms with van der Waals surface area (Å²) in [6.07, 6.45) is 2.26. The zero-order valence-electron chi connectivity index (χ0n) is 10.1. The molecule has 2 rings (SSSR count). The SMILES string of the molecule is Cc1nnc(N(CCC(=O)O)C2CC2)nc1C. The molecule has 0 atom stereocenters. The van der Waals surface area contributed by atoms with E-state index in [-0.39, 0.29) is 6.42 Å². The lowest BCUT2D eigenvalue weighted by Crippen LogP contribution is -2.30. The minimum absolute atomic E-state index is 0.104. The Kier molecular flexibility index (Phi) is 3.21. The molecular formula is C11H16N4O2. The Hall–Kier alpha value is -1.72. The van der Waals surface area contributed by atoms with Crippen molar-refractivity contribution in [3.8, 4) is 0 Å². The predicted octanol–water partition coefficient (Wildman–Crippen LogP) is 0.932. The number of hydrogen-bond donors (Lipinski definition) is 1. The van der Waals surface area contributed by atoms with E-state index in [0.717, 1.165) is 24.2 Å². The molecule has 0 aromatic carbocycles. The van der Waals surface area contributed by atoms with E-state index in [0.29, 0.717) is 18.5 Å². The molecule has 1 fully saturated rings. The molecule has 6 heteroatoms. The highest BCUT2D eigenvalue weighted by Gasteiger charge is 2.31. The molecule has 1 aromatic heterocycles. The molecule has 17 heavy (non-hydrogen) atoms. The van der Waals surface area contributed by atoms with Crippen LogP contribution >= 0.6 is 0 Å². The van der Waals surface area contributed by atoms with Crippen molar-refractivity contribution >= 4 is 11.9 Å². The molecule has 1 N–H and O–H groups in total. The average Bonchev–Trinajstić information content (AvgIpc) is 3.07. The molecule has 0 spiro atoms. The van der Waals surface area contributed by atoms with E-state index in [2.05, 4.69) is 15.2 Å². The van der Waals surface area contributed by atoms with Crippen LogP contribution in [0, 0.1) is 13.8 Å². The van der Waals surface area contributed by atoms with E-state index >= 15 is 0 Å². The summed E-state index contributed by atoms with van der Waals surface area (Å²) in [7, 11) is 0. The third-order valence-corrected chi connectivity index (χ3v) is 2.89. The van der Waals surface area contributed by atoms with Gasteiger partial charge in [0.1, 0.15) is 0 Å². The summed E-state index contributed by atoms with van der Waals surface area (Å²) in [6.45, 7) is 4.19. The summed E-state index contributed by atoms with van der Waals surface area (Å²) in [5.74, 6) is -0.246. The van der Waals surface area contributed by atoms with E-state index in [9.17, 15) is 4.79 Å². The monoisotopic (exact) mass is 236 g/mol. The van der Waals surface area contributed by atoms with Gasteiger partial charge in [0.2, 0.25) is 5.95 Å². The van der Waals surface area contributed by atoms with Gasteiger partial charge < -0.3 is 10.0 Å². The molecule has 92 valence electrons. The summed E-state index contributed by atoms with van der Waals surface area (Å²) in [4.78, 5) is 16.9. The predicted molar refractivity (Wildman–Crippen MR) is 61.9 cm³/mol. The highest BCUT2D eigenvalue weighted by atomic mass is 16.4. The Morgan fingerprint density at radius 2 is 2.06 bits per heavy atom. The molecule has 1 aromatic rings. The second-order valence-electron chi connectivity index (χ2n) is 4.35. The first kappa shape index (κ1) is 11.8. The van der Waals surface area contributed by atoms with Crippen molar-refractivity contribution in [3.05, 3.63) is 11.4 Å². The van der Waals surface area contributed by atoms with Crippen LogP contribution in [-0.2, 0) is 4.79 Å². The molecule has 1 aliphatic rings. The number of carboxylic acids is 1. The Labute approximate surface area is 99.7 Å². The van der Waals surface area contributed by atoms with E-state index in [1.165, 1.54) is 0 Å². The lowest BCUT2D eigenvalue weighted by Gasteiger charge is -2.21. The average molecular weight is 236 g/mol. The third kappa shape index (κ3) is 2.89. The number of hydrogen-bond acceptors (Lipinski definition) is 5. The minimum Gasteiger partial charge on any atom is -0.481 e. The molecule has 0 aliphatic heterocycles. The van der Waals surface area contributed by atoms with Crippen molar-refractivity contribution < 1.29 is 9.90 Å². The van der Waals surface area contributed by atoms with Crippen molar-refractivity contribution in [1.29, 1.82) is 0 Å². The van der Waals surface area contributed by atoms with Gasteiger partial charge in [-0.05, 0) is 26.7 Å². The number of nitrogens with zero attached hydrogens (tertiary/aromatic N) is 4. The van der Waals surface area contributed by atoms with Crippen LogP contribution in [0.3, 0.4) is 0 Å². The number of rotatable bonds is 5. The summed E-state index contributed by atoms with van der Waals surface area (Å²) in [6, 6.07) is 0.387. The maximum atomic E-state index is 10.6. The van der Waals surface area contributed by atoms with Crippen LogP contribution < -0.4 is 4.90 Å². The molecule has 0 unspecified atom stereocenters. The molecule has 1 heterocycles. The van der Waals surface area contributed by atoms with Gasteiger partial charge in [0.05, 0.1) is 17.8 Å². The van der Waals surface area contributed by atoms with Gasteiger partial charge in [-0.3, -0.25) is 4.79 Å². The van der Waals surface area contributed by atoms with Crippen molar-refractivity contribution in [3.63, 3.8) is 0 Å². The highest BCUT2D eigenvalue weighted by molar-refractivity contribution is 5.67. The van der Waals surface area contributed by atoms with Crippen LogP contribution in [0.1, 0.15) is 30.7 Å². The molecule has 6 nitrogen and oxygen atoms in total. The quantitative estimate of drug-likeness (QED) is 0.819. The zero-order valence-corrected chi connectivity index (χ0v) is 10.1. The van der Waals surface area contributed by atoms with Gasteiger partial charge in [-0.15, -0.1) is 5.10 Å². The van der Waals surface area contributed by atoms with Crippen molar-refractivity contribution in [2.75, 3.05) is 11.4 Å². The topological polar surface area (TPSA) is 79.2 Å². The Morgan fingerprint density at radius 3 is 2.59 bits per heavy atom. The van der Waals surface area contributed by atoms with Gasteiger partial charge in [-0.1, -0.05) is 0 Å². The molecule has 0 amide bonds. The van der Waals surface area contributed by atoms with Crippen LogP contribution in [0.5, 0.6) is 0 Å². The fourth-order valence-corrected chi connectivity index (χ4v) is 1.62. The summed E-state index contributed by atoms with van der Waals surface area (Å²) in [5.41, 5.74) is 1.65. The largest absolute Gasteiger partial charge is 0.481 e. The van der Waals surface area contributed by atoms with Crippen LogP contribution in [0.15, 0.2) is 0 Å². The first-order chi connectivity index (χ1) is 8.08. The van der Waals surface area contributed by atoms with Gasteiger partial charge in [0, 0.05) is 12.6 Å². The van der Waals surface area contributed by atoms with Crippen LogP contribution in [0.4, 0.5) is 5.95 Å². The number of aryl methyl sites for hydroxylation is 2. The first-order valence-corrected chi connectivity index (χ1v) is 5.74. The fourth-order valence-electron chi connectivity index (χ4n) is 1.62. The van der Waals surface area contributed by atoms with E-state index in [1.807, 2.05) is 18.7 Å². The molecule has 1 aliphatic carbocycles. The van der Waals surface area contributed by atoms with Crippen molar-refractivity contribution in [2.24, 2.45) is 0 Å². The van der Waals surface area contributed by atoms with E-state index in [4.69, 9.17) is 5.11 Å². The van der Waals surface area contributed by atoms with Gasteiger partial charge >= 0.3 is 5.97 Å². The lowest BCUT2D eigenvalue weighted by molar-refractivity contribution is -0.136. The van der Waals surface area contributed by atoms with E-state index in [1.54, 1.807) is 0 Å². The second-order valence-corrected chi connectivity index (χ2v) is 4.35. The Morgan fingerprint density at radius 1 is 1.35 bits per heavy atom. The summed E-state index contributed by atoms with van der Waals surface area (Å²) >= 11 is 0. The van der Waals surface area contributed by atoms with Crippen LogP contribution in [0.25, 0.3) is 0 Å². The maximum Gasteiger partial charge on any atom is 0.305 e. The zero-order chi connectivity index (χ0) is 12.4. The van der Waals surface area contributed by atoms with Crippen molar-refractivity contribution in [1.82, 2.24) is 15.2 Å². The van der Waals surface area contributed by atoms with Crippen LogP contribution in [-0.4, -0.2) is 38.8 Å². The van der Waals surface area contributed by atoms with Gasteiger partial charge in [-0.25, -0.2) is 4.98 Å². The smallest absolute Gasteiger partial charge is 0.305 e. The standard InChI is InChI=1S/C11H16N4O2/c1-7-8(2)13-14-11(12-7)15(9-3-4-9)6-5-10(16)17/h9H,3-6H2,1-2H3,(H,16,17). The van der Waals surface area contributed by atoms with Gasteiger partial charge in [-0.2, -0.15) is 5.10 Å². The molecule has 0 saturated heterocycles. The Balaban J connectivity index is 2.14. The molecule has 1 saturated carbocycles. The normalized spacial score (nSPS) is 14.7.